The van der Waals surface area contributed by atoms with Gasteiger partial charge >= 0.3 is 0 Å². The van der Waals surface area contributed by atoms with E-state index >= 15 is 0 Å². The first-order valence-corrected chi connectivity index (χ1v) is 6.05. The highest BCUT2D eigenvalue weighted by atomic mass is 16.5. The number of hydrogen-bond acceptors (Lipinski definition) is 2. The molecule has 90 valence electrons. The molecule has 3 heteroatoms. The van der Waals surface area contributed by atoms with Crippen LogP contribution < -0.4 is 4.74 Å². The zero-order valence-electron chi connectivity index (χ0n) is 10.4. The molecule has 0 atom stereocenters. The van der Waals surface area contributed by atoms with Gasteiger partial charge in [0.1, 0.15) is 6.61 Å². The standard InChI is InChI=1S/C14H18N2O/c1-3-12-5-7-13(8-6-12)11-17-14-9-15-16(4-2)10-14/h5-10H,3-4,11H2,1-2H3. The van der Waals surface area contributed by atoms with Crippen molar-refractivity contribution >= 4 is 0 Å². The molecule has 0 saturated heterocycles. The monoisotopic (exact) mass is 230 g/mol. The van der Waals surface area contributed by atoms with E-state index in [4.69, 9.17) is 4.74 Å². The van der Waals surface area contributed by atoms with Crippen molar-refractivity contribution in [1.29, 1.82) is 0 Å². The van der Waals surface area contributed by atoms with Gasteiger partial charge in [0.25, 0.3) is 0 Å². The molecular formula is C14H18N2O. The second kappa shape index (κ2) is 5.53. The highest BCUT2D eigenvalue weighted by molar-refractivity contribution is 5.22. The fraction of sp³-hybridized carbons (Fsp3) is 0.357. The number of hydrogen-bond donors (Lipinski definition) is 0. The molecule has 0 fully saturated rings. The molecule has 17 heavy (non-hydrogen) atoms. The first-order valence-electron chi connectivity index (χ1n) is 6.05. The summed E-state index contributed by atoms with van der Waals surface area (Å²) in [6, 6.07) is 8.52. The first-order chi connectivity index (χ1) is 8.31. The van der Waals surface area contributed by atoms with Crippen molar-refractivity contribution < 1.29 is 4.74 Å². The molecule has 0 aliphatic heterocycles. The highest BCUT2D eigenvalue weighted by Gasteiger charge is 1.99. The Balaban J connectivity index is 1.92. The van der Waals surface area contributed by atoms with E-state index in [0.29, 0.717) is 6.61 Å². The number of rotatable bonds is 5. The zero-order valence-corrected chi connectivity index (χ0v) is 10.4. The van der Waals surface area contributed by atoms with Crippen molar-refractivity contribution in [3.63, 3.8) is 0 Å². The van der Waals surface area contributed by atoms with Gasteiger partial charge in [0.2, 0.25) is 0 Å². The lowest BCUT2D eigenvalue weighted by Crippen LogP contribution is -1.95. The lowest BCUT2D eigenvalue weighted by atomic mass is 10.1. The van der Waals surface area contributed by atoms with Crippen LogP contribution in [-0.4, -0.2) is 9.78 Å². The van der Waals surface area contributed by atoms with Crippen molar-refractivity contribution in [3.05, 3.63) is 47.8 Å². The summed E-state index contributed by atoms with van der Waals surface area (Å²) in [5.74, 6) is 0.825. The Morgan fingerprint density at radius 3 is 2.41 bits per heavy atom. The van der Waals surface area contributed by atoms with E-state index in [1.54, 1.807) is 6.20 Å². The van der Waals surface area contributed by atoms with Gasteiger partial charge in [-0.2, -0.15) is 5.10 Å². The highest BCUT2D eigenvalue weighted by Crippen LogP contribution is 2.12. The van der Waals surface area contributed by atoms with E-state index in [0.717, 1.165) is 18.7 Å². The van der Waals surface area contributed by atoms with Gasteiger partial charge < -0.3 is 4.74 Å². The molecule has 0 aliphatic carbocycles. The Hall–Kier alpha value is -1.77. The minimum atomic E-state index is 0.597. The van der Waals surface area contributed by atoms with E-state index in [2.05, 4.69) is 43.2 Å². The summed E-state index contributed by atoms with van der Waals surface area (Å²) in [6.45, 7) is 5.68. The van der Waals surface area contributed by atoms with Crippen LogP contribution in [0.15, 0.2) is 36.7 Å². The van der Waals surface area contributed by atoms with E-state index < -0.39 is 0 Å². The third-order valence-electron chi connectivity index (χ3n) is 2.77. The summed E-state index contributed by atoms with van der Waals surface area (Å²) < 4.78 is 7.52. The van der Waals surface area contributed by atoms with Gasteiger partial charge in [-0.3, -0.25) is 4.68 Å². The van der Waals surface area contributed by atoms with Gasteiger partial charge in [-0.15, -0.1) is 0 Å². The molecule has 1 aromatic heterocycles. The fourth-order valence-electron chi connectivity index (χ4n) is 1.63. The molecular weight excluding hydrogens is 212 g/mol. The molecule has 0 unspecified atom stereocenters. The predicted molar refractivity (Wildman–Crippen MR) is 68.1 cm³/mol. The van der Waals surface area contributed by atoms with Crippen LogP contribution in [0.2, 0.25) is 0 Å². The SMILES string of the molecule is CCc1ccc(COc2cnn(CC)c2)cc1. The van der Waals surface area contributed by atoms with Crippen LogP contribution in [-0.2, 0) is 19.6 Å². The molecule has 0 spiro atoms. The average molecular weight is 230 g/mol. The van der Waals surface area contributed by atoms with Crippen LogP contribution in [0.25, 0.3) is 0 Å². The summed E-state index contributed by atoms with van der Waals surface area (Å²) in [4.78, 5) is 0. The van der Waals surface area contributed by atoms with Gasteiger partial charge in [0.05, 0.1) is 12.4 Å². The molecule has 0 amide bonds. The van der Waals surface area contributed by atoms with E-state index in [-0.39, 0.29) is 0 Å². The summed E-state index contributed by atoms with van der Waals surface area (Å²) in [7, 11) is 0. The number of aryl methyl sites for hydroxylation is 2. The molecule has 1 aromatic carbocycles. The number of benzene rings is 1. The molecule has 0 aliphatic rings. The van der Waals surface area contributed by atoms with Gasteiger partial charge in [-0.05, 0) is 24.5 Å². The third kappa shape index (κ3) is 3.09. The number of nitrogens with zero attached hydrogens (tertiary/aromatic N) is 2. The largest absolute Gasteiger partial charge is 0.486 e. The smallest absolute Gasteiger partial charge is 0.157 e. The molecule has 2 rings (SSSR count). The van der Waals surface area contributed by atoms with E-state index in [1.807, 2.05) is 10.9 Å². The minimum Gasteiger partial charge on any atom is -0.486 e. The Labute approximate surface area is 102 Å². The van der Waals surface area contributed by atoms with Gasteiger partial charge in [0, 0.05) is 6.54 Å². The first kappa shape index (κ1) is 11.7. The zero-order chi connectivity index (χ0) is 12.1. The molecule has 0 radical (unpaired) electrons. The van der Waals surface area contributed by atoms with Crippen LogP contribution in [0, 0.1) is 0 Å². The Kier molecular flexibility index (Phi) is 3.81. The average Bonchev–Trinajstić information content (AvgIpc) is 2.85. The maximum absolute atomic E-state index is 5.66. The predicted octanol–water partition coefficient (Wildman–Crippen LogP) is 3.04. The van der Waals surface area contributed by atoms with Crippen molar-refractivity contribution in [2.24, 2.45) is 0 Å². The van der Waals surface area contributed by atoms with Crippen molar-refractivity contribution in [3.8, 4) is 5.75 Å². The molecule has 1 heterocycles. The van der Waals surface area contributed by atoms with Crippen molar-refractivity contribution in [2.75, 3.05) is 0 Å². The normalized spacial score (nSPS) is 10.5. The fourth-order valence-corrected chi connectivity index (χ4v) is 1.63. The molecule has 0 N–H and O–H groups in total. The topological polar surface area (TPSA) is 27.1 Å². The lowest BCUT2D eigenvalue weighted by Gasteiger charge is -2.04. The Morgan fingerprint density at radius 1 is 1.12 bits per heavy atom. The van der Waals surface area contributed by atoms with Crippen LogP contribution in [0.4, 0.5) is 0 Å². The van der Waals surface area contributed by atoms with E-state index in [9.17, 15) is 0 Å². The summed E-state index contributed by atoms with van der Waals surface area (Å²) >= 11 is 0. The van der Waals surface area contributed by atoms with Gasteiger partial charge in [-0.1, -0.05) is 31.2 Å². The second-order valence-electron chi connectivity index (χ2n) is 3.99. The summed E-state index contributed by atoms with van der Waals surface area (Å²) in [5.41, 5.74) is 2.54. The minimum absolute atomic E-state index is 0.597. The van der Waals surface area contributed by atoms with Crippen molar-refractivity contribution in [1.82, 2.24) is 9.78 Å². The molecule has 0 bridgehead atoms. The van der Waals surface area contributed by atoms with Gasteiger partial charge in [-0.25, -0.2) is 0 Å². The number of aromatic nitrogens is 2. The lowest BCUT2D eigenvalue weighted by molar-refractivity contribution is 0.306. The summed E-state index contributed by atoms with van der Waals surface area (Å²) in [6.07, 6.45) is 4.74. The van der Waals surface area contributed by atoms with Crippen LogP contribution in [0.3, 0.4) is 0 Å². The molecule has 0 saturated carbocycles. The van der Waals surface area contributed by atoms with Crippen LogP contribution in [0.5, 0.6) is 5.75 Å². The molecule has 3 nitrogen and oxygen atoms in total. The summed E-state index contributed by atoms with van der Waals surface area (Å²) in [5, 5.41) is 4.17. The second-order valence-corrected chi connectivity index (χ2v) is 3.99. The van der Waals surface area contributed by atoms with E-state index in [1.165, 1.54) is 11.1 Å². The van der Waals surface area contributed by atoms with Crippen LogP contribution in [0.1, 0.15) is 25.0 Å². The maximum Gasteiger partial charge on any atom is 0.157 e. The quantitative estimate of drug-likeness (QED) is 0.789. The Bertz CT molecular complexity index is 459. The molecule has 2 aromatic rings. The Morgan fingerprint density at radius 2 is 1.82 bits per heavy atom. The maximum atomic E-state index is 5.66. The number of ether oxygens (including phenoxy) is 1. The van der Waals surface area contributed by atoms with Crippen LogP contribution >= 0.6 is 0 Å². The van der Waals surface area contributed by atoms with Crippen molar-refractivity contribution in [2.45, 2.75) is 33.4 Å². The van der Waals surface area contributed by atoms with Gasteiger partial charge in [0.15, 0.2) is 5.75 Å². The third-order valence-corrected chi connectivity index (χ3v) is 2.77.